The Balaban J connectivity index is 3.28. The number of unbranched alkanes of at least 4 members (excludes halogenated alkanes) is 1. The monoisotopic (exact) mass is 346 g/mol. The molecule has 0 radical (unpaired) electrons. The lowest BCUT2D eigenvalue weighted by Gasteiger charge is -2.32. The first-order chi connectivity index (χ1) is 11.2. The fourth-order valence-corrected chi connectivity index (χ4v) is 2.21. The van der Waals surface area contributed by atoms with E-state index in [-0.39, 0.29) is 17.7 Å². The van der Waals surface area contributed by atoms with E-state index in [1.807, 2.05) is 18.9 Å². The maximum atomic E-state index is 13.5. The molecule has 0 aliphatic rings. The van der Waals surface area contributed by atoms with Crippen molar-refractivity contribution in [1.29, 1.82) is 0 Å². The number of methoxy groups -OCH3 is 1. The summed E-state index contributed by atoms with van der Waals surface area (Å²) in [4.78, 5) is 6.02. The van der Waals surface area contributed by atoms with Gasteiger partial charge in [-0.05, 0) is 25.5 Å². The van der Waals surface area contributed by atoms with E-state index in [9.17, 15) is 18.3 Å². The van der Waals surface area contributed by atoms with Crippen LogP contribution in [0.5, 0.6) is 5.75 Å². The smallest absolute Gasteiger partial charge is 0.421 e. The highest BCUT2D eigenvalue weighted by Gasteiger charge is 2.55. The van der Waals surface area contributed by atoms with Crippen LogP contribution in [0.3, 0.4) is 0 Å². The SMILES string of the molecule is CCCCC(O)(c1ccc(N=CN(C)CC)cc1OC)C(F)(F)F. The van der Waals surface area contributed by atoms with Gasteiger partial charge in [-0.1, -0.05) is 19.8 Å². The van der Waals surface area contributed by atoms with E-state index in [0.29, 0.717) is 12.1 Å². The van der Waals surface area contributed by atoms with Gasteiger partial charge in [0.15, 0.2) is 5.60 Å². The van der Waals surface area contributed by atoms with Crippen molar-refractivity contribution in [3.05, 3.63) is 23.8 Å². The third-order valence-electron chi connectivity index (χ3n) is 3.89. The van der Waals surface area contributed by atoms with Crippen molar-refractivity contribution in [2.24, 2.45) is 4.99 Å². The number of benzene rings is 1. The zero-order valence-electron chi connectivity index (χ0n) is 14.5. The quantitative estimate of drug-likeness (QED) is 0.565. The van der Waals surface area contributed by atoms with Gasteiger partial charge >= 0.3 is 6.18 Å². The summed E-state index contributed by atoms with van der Waals surface area (Å²) in [6, 6.07) is 4.08. The van der Waals surface area contributed by atoms with Crippen LogP contribution in [-0.2, 0) is 5.60 Å². The van der Waals surface area contributed by atoms with Crippen LogP contribution in [0, 0.1) is 0 Å². The molecule has 0 aromatic heterocycles. The third-order valence-corrected chi connectivity index (χ3v) is 3.89. The second kappa shape index (κ2) is 8.37. The minimum absolute atomic E-state index is 0.0280. The summed E-state index contributed by atoms with van der Waals surface area (Å²) < 4.78 is 45.6. The molecule has 1 N–H and O–H groups in total. The van der Waals surface area contributed by atoms with Gasteiger partial charge in [0.2, 0.25) is 0 Å². The van der Waals surface area contributed by atoms with Crippen molar-refractivity contribution in [2.75, 3.05) is 20.7 Å². The molecule has 0 aliphatic carbocycles. The van der Waals surface area contributed by atoms with Crippen LogP contribution in [-0.4, -0.2) is 43.2 Å². The topological polar surface area (TPSA) is 45.1 Å². The fourth-order valence-electron chi connectivity index (χ4n) is 2.21. The summed E-state index contributed by atoms with van der Waals surface area (Å²) in [6.45, 7) is 4.48. The van der Waals surface area contributed by atoms with Gasteiger partial charge in [0.25, 0.3) is 0 Å². The Kier molecular flexibility index (Phi) is 7.08. The Morgan fingerprint density at radius 3 is 2.46 bits per heavy atom. The van der Waals surface area contributed by atoms with Gasteiger partial charge in [0, 0.05) is 25.2 Å². The molecule has 1 unspecified atom stereocenters. The van der Waals surface area contributed by atoms with Gasteiger partial charge in [-0.3, -0.25) is 0 Å². The van der Waals surface area contributed by atoms with Crippen LogP contribution in [0.25, 0.3) is 0 Å². The van der Waals surface area contributed by atoms with Crippen LogP contribution in [0.1, 0.15) is 38.7 Å². The Morgan fingerprint density at radius 2 is 1.96 bits per heavy atom. The summed E-state index contributed by atoms with van der Waals surface area (Å²) in [5.41, 5.74) is -2.76. The predicted octanol–water partition coefficient (Wildman–Crippen LogP) is 4.25. The van der Waals surface area contributed by atoms with Crippen LogP contribution in [0.2, 0.25) is 0 Å². The summed E-state index contributed by atoms with van der Waals surface area (Å²) in [5.74, 6) is -0.0280. The Morgan fingerprint density at radius 1 is 1.29 bits per heavy atom. The van der Waals surface area contributed by atoms with Crippen LogP contribution >= 0.6 is 0 Å². The van der Waals surface area contributed by atoms with Crippen molar-refractivity contribution in [1.82, 2.24) is 4.90 Å². The first-order valence-electron chi connectivity index (χ1n) is 7.91. The minimum atomic E-state index is -4.79. The predicted molar refractivity (Wildman–Crippen MR) is 88.9 cm³/mol. The minimum Gasteiger partial charge on any atom is -0.496 e. The Labute approximate surface area is 141 Å². The number of aliphatic imine (C=N–C) groups is 1. The van der Waals surface area contributed by atoms with Gasteiger partial charge in [0.05, 0.1) is 19.1 Å². The summed E-state index contributed by atoms with van der Waals surface area (Å²) in [7, 11) is 3.11. The second-order valence-corrected chi connectivity index (χ2v) is 5.66. The molecule has 4 nitrogen and oxygen atoms in total. The molecule has 0 bridgehead atoms. The summed E-state index contributed by atoms with van der Waals surface area (Å²) in [6.07, 6.45) is -2.82. The molecule has 0 amide bonds. The number of hydrogen-bond acceptors (Lipinski definition) is 3. The largest absolute Gasteiger partial charge is 0.496 e. The first kappa shape index (κ1) is 20.3. The molecule has 1 aromatic carbocycles. The Hall–Kier alpha value is -1.76. The van der Waals surface area contributed by atoms with Crippen molar-refractivity contribution in [2.45, 2.75) is 44.9 Å². The average Bonchev–Trinajstić information content (AvgIpc) is 2.56. The molecule has 136 valence electrons. The van der Waals surface area contributed by atoms with Gasteiger partial charge < -0.3 is 14.7 Å². The number of ether oxygens (including phenoxy) is 1. The van der Waals surface area contributed by atoms with Gasteiger partial charge in [-0.2, -0.15) is 13.2 Å². The van der Waals surface area contributed by atoms with E-state index in [4.69, 9.17) is 4.74 Å². The first-order valence-corrected chi connectivity index (χ1v) is 7.91. The zero-order valence-corrected chi connectivity index (χ0v) is 14.5. The molecule has 24 heavy (non-hydrogen) atoms. The van der Waals surface area contributed by atoms with E-state index in [1.165, 1.54) is 25.3 Å². The molecule has 0 fully saturated rings. The molecule has 0 spiro atoms. The maximum Gasteiger partial charge on any atom is 0.421 e. The highest BCUT2D eigenvalue weighted by molar-refractivity contribution is 5.62. The van der Waals surface area contributed by atoms with Crippen molar-refractivity contribution in [3.8, 4) is 5.75 Å². The lowest BCUT2D eigenvalue weighted by molar-refractivity contribution is -0.270. The fraction of sp³-hybridized carbons (Fsp3) is 0.588. The molecule has 1 rings (SSSR count). The molecule has 0 saturated heterocycles. The normalized spacial score (nSPS) is 14.7. The van der Waals surface area contributed by atoms with Crippen LogP contribution in [0.4, 0.5) is 18.9 Å². The number of hydrogen-bond donors (Lipinski definition) is 1. The number of halogens is 3. The molecule has 7 heteroatoms. The van der Waals surface area contributed by atoms with E-state index >= 15 is 0 Å². The van der Waals surface area contributed by atoms with E-state index < -0.39 is 18.2 Å². The van der Waals surface area contributed by atoms with E-state index in [0.717, 1.165) is 6.54 Å². The second-order valence-electron chi connectivity index (χ2n) is 5.66. The number of alkyl halides is 3. The lowest BCUT2D eigenvalue weighted by Crippen LogP contribution is -2.42. The molecule has 0 aliphatic heterocycles. The average molecular weight is 346 g/mol. The van der Waals surface area contributed by atoms with E-state index in [1.54, 1.807) is 13.3 Å². The maximum absolute atomic E-state index is 13.5. The molecule has 0 saturated carbocycles. The van der Waals surface area contributed by atoms with Crippen LogP contribution in [0.15, 0.2) is 23.2 Å². The number of rotatable bonds is 8. The number of aliphatic hydroxyl groups is 1. The number of nitrogens with zero attached hydrogens (tertiary/aromatic N) is 2. The highest BCUT2D eigenvalue weighted by atomic mass is 19.4. The molecule has 1 aromatic rings. The summed E-state index contributed by atoms with van der Waals surface area (Å²) >= 11 is 0. The third kappa shape index (κ3) is 4.63. The summed E-state index contributed by atoms with van der Waals surface area (Å²) in [5, 5.41) is 10.4. The molecule has 1 atom stereocenters. The standard InChI is InChI=1S/C17H25F3N2O2/c1-5-7-10-16(23,17(18,19)20)14-9-8-13(11-15(14)24-4)21-12-22(3)6-2/h8-9,11-12,23H,5-7,10H2,1-4H3. The van der Waals surface area contributed by atoms with E-state index in [2.05, 4.69) is 4.99 Å². The lowest BCUT2D eigenvalue weighted by atomic mass is 9.87. The molecule has 0 heterocycles. The van der Waals surface area contributed by atoms with Crippen LogP contribution < -0.4 is 4.74 Å². The van der Waals surface area contributed by atoms with Crippen molar-refractivity contribution in [3.63, 3.8) is 0 Å². The van der Waals surface area contributed by atoms with Gasteiger partial charge in [-0.15, -0.1) is 0 Å². The van der Waals surface area contributed by atoms with Gasteiger partial charge in [0.1, 0.15) is 5.75 Å². The van der Waals surface area contributed by atoms with Gasteiger partial charge in [-0.25, -0.2) is 4.99 Å². The zero-order chi connectivity index (χ0) is 18.4. The van der Waals surface area contributed by atoms with Crippen molar-refractivity contribution < 1.29 is 23.0 Å². The Bertz CT molecular complexity index is 561. The highest BCUT2D eigenvalue weighted by Crippen LogP contribution is 2.46. The molecular formula is C17H25F3N2O2. The molecular weight excluding hydrogens is 321 g/mol. The van der Waals surface area contributed by atoms with Crippen molar-refractivity contribution >= 4 is 12.0 Å².